The van der Waals surface area contributed by atoms with E-state index in [1.807, 2.05) is 0 Å². The van der Waals surface area contributed by atoms with Gasteiger partial charge < -0.3 is 14.6 Å². The van der Waals surface area contributed by atoms with E-state index >= 15 is 0 Å². The number of nitrogens with one attached hydrogen (secondary N) is 1. The number of benzene rings is 2. The first-order chi connectivity index (χ1) is 13.1. The predicted octanol–water partition coefficient (Wildman–Crippen LogP) is 4.12. The second kappa shape index (κ2) is 10.9. The third kappa shape index (κ3) is 6.66. The van der Waals surface area contributed by atoms with Crippen molar-refractivity contribution in [1.82, 2.24) is 5.43 Å². The summed E-state index contributed by atoms with van der Waals surface area (Å²) in [6, 6.07) is 11.8. The molecule has 0 aliphatic rings. The molecular formula is C21H26N2O4. The molecule has 0 fully saturated rings. The van der Waals surface area contributed by atoms with E-state index < -0.39 is 0 Å². The van der Waals surface area contributed by atoms with Gasteiger partial charge in [-0.3, -0.25) is 4.79 Å². The maximum absolute atomic E-state index is 12.1. The van der Waals surface area contributed by atoms with Crippen LogP contribution in [0.1, 0.15) is 48.5 Å². The number of hydrogen-bond donors (Lipinski definition) is 2. The molecule has 27 heavy (non-hydrogen) atoms. The Balaban J connectivity index is 1.83. The van der Waals surface area contributed by atoms with E-state index in [-0.39, 0.29) is 11.7 Å². The quantitative estimate of drug-likeness (QED) is 0.374. The fourth-order valence-electron chi connectivity index (χ4n) is 2.43. The van der Waals surface area contributed by atoms with Crippen molar-refractivity contribution in [2.75, 3.05) is 13.7 Å². The molecule has 2 aromatic rings. The summed E-state index contributed by atoms with van der Waals surface area (Å²) in [7, 11) is 1.47. The average molecular weight is 370 g/mol. The standard InChI is InChI=1S/C21H26N2O4/c1-3-4-5-6-13-27-18-10-8-17(9-11-18)21(25)23-22-15-16-7-12-19(24)20(14-16)26-2/h7-12,14-15,24H,3-6,13H2,1-2H3,(H,23,25). The van der Waals surface area contributed by atoms with Crippen LogP contribution in [-0.2, 0) is 0 Å². The van der Waals surface area contributed by atoms with Crippen LogP contribution in [0.15, 0.2) is 47.6 Å². The molecule has 0 atom stereocenters. The van der Waals surface area contributed by atoms with Crippen LogP contribution in [-0.4, -0.2) is 30.9 Å². The molecule has 2 rings (SSSR count). The molecule has 0 radical (unpaired) electrons. The van der Waals surface area contributed by atoms with Gasteiger partial charge in [-0.05, 0) is 54.4 Å². The highest BCUT2D eigenvalue weighted by Gasteiger charge is 2.05. The Labute approximate surface area is 159 Å². The van der Waals surface area contributed by atoms with Crippen molar-refractivity contribution >= 4 is 12.1 Å². The molecule has 2 N–H and O–H groups in total. The lowest BCUT2D eigenvalue weighted by atomic mass is 10.2. The number of rotatable bonds is 10. The number of phenols is 1. The molecule has 1 amide bonds. The van der Waals surface area contributed by atoms with Gasteiger partial charge in [0.05, 0.1) is 19.9 Å². The van der Waals surface area contributed by atoms with Gasteiger partial charge in [0.15, 0.2) is 11.5 Å². The maximum atomic E-state index is 12.1. The van der Waals surface area contributed by atoms with E-state index in [2.05, 4.69) is 17.5 Å². The minimum atomic E-state index is -0.313. The van der Waals surface area contributed by atoms with E-state index in [4.69, 9.17) is 9.47 Å². The summed E-state index contributed by atoms with van der Waals surface area (Å²) in [4.78, 5) is 12.1. The van der Waals surface area contributed by atoms with Crippen molar-refractivity contribution in [3.8, 4) is 17.2 Å². The molecule has 0 bridgehead atoms. The van der Waals surface area contributed by atoms with E-state index in [1.54, 1.807) is 36.4 Å². The van der Waals surface area contributed by atoms with E-state index in [9.17, 15) is 9.90 Å². The van der Waals surface area contributed by atoms with Gasteiger partial charge in [0.2, 0.25) is 0 Å². The first-order valence-electron chi connectivity index (χ1n) is 9.07. The zero-order valence-electron chi connectivity index (χ0n) is 15.8. The molecular weight excluding hydrogens is 344 g/mol. The third-order valence-electron chi connectivity index (χ3n) is 3.97. The smallest absolute Gasteiger partial charge is 0.271 e. The zero-order valence-corrected chi connectivity index (χ0v) is 15.8. The van der Waals surface area contributed by atoms with Crippen LogP contribution in [0.3, 0.4) is 0 Å². The zero-order chi connectivity index (χ0) is 19.5. The molecule has 0 saturated carbocycles. The number of ether oxygens (including phenoxy) is 2. The van der Waals surface area contributed by atoms with Crippen molar-refractivity contribution in [3.05, 3.63) is 53.6 Å². The van der Waals surface area contributed by atoms with Crippen molar-refractivity contribution in [2.45, 2.75) is 32.6 Å². The minimum Gasteiger partial charge on any atom is -0.504 e. The Hall–Kier alpha value is -3.02. The largest absolute Gasteiger partial charge is 0.504 e. The summed E-state index contributed by atoms with van der Waals surface area (Å²) >= 11 is 0. The van der Waals surface area contributed by atoms with Crippen LogP contribution in [0.5, 0.6) is 17.2 Å². The van der Waals surface area contributed by atoms with E-state index in [1.165, 1.54) is 38.7 Å². The summed E-state index contributed by atoms with van der Waals surface area (Å²) in [6.07, 6.45) is 6.11. The van der Waals surface area contributed by atoms with Crippen LogP contribution in [0, 0.1) is 0 Å². The van der Waals surface area contributed by atoms with Gasteiger partial charge in [0.25, 0.3) is 5.91 Å². The number of phenolic OH excluding ortho intramolecular Hbond substituents is 1. The molecule has 0 spiro atoms. The molecule has 6 nitrogen and oxygen atoms in total. The molecule has 0 unspecified atom stereocenters. The van der Waals surface area contributed by atoms with Gasteiger partial charge in [0, 0.05) is 5.56 Å². The fourth-order valence-corrected chi connectivity index (χ4v) is 2.43. The van der Waals surface area contributed by atoms with Crippen molar-refractivity contribution < 1.29 is 19.4 Å². The average Bonchev–Trinajstić information content (AvgIpc) is 2.69. The Kier molecular flexibility index (Phi) is 8.16. The third-order valence-corrected chi connectivity index (χ3v) is 3.97. The summed E-state index contributed by atoms with van der Waals surface area (Å²) in [6.45, 7) is 2.86. The number of aromatic hydroxyl groups is 1. The number of carbonyl (C=O) groups excluding carboxylic acids is 1. The number of hydrazone groups is 1. The molecule has 0 aromatic heterocycles. The summed E-state index contributed by atoms with van der Waals surface area (Å²) in [5.74, 6) is 0.830. The van der Waals surface area contributed by atoms with Crippen LogP contribution in [0.4, 0.5) is 0 Å². The molecule has 0 saturated heterocycles. The van der Waals surface area contributed by atoms with Gasteiger partial charge in [-0.15, -0.1) is 0 Å². The highest BCUT2D eigenvalue weighted by molar-refractivity contribution is 5.95. The molecule has 0 aliphatic carbocycles. The molecule has 0 heterocycles. The second-order valence-electron chi connectivity index (χ2n) is 6.06. The van der Waals surface area contributed by atoms with Crippen molar-refractivity contribution in [2.24, 2.45) is 5.10 Å². The summed E-state index contributed by atoms with van der Waals surface area (Å²) < 4.78 is 10.7. The lowest BCUT2D eigenvalue weighted by Crippen LogP contribution is -2.17. The lowest BCUT2D eigenvalue weighted by Gasteiger charge is -2.06. The number of amides is 1. The molecule has 2 aromatic carbocycles. The molecule has 6 heteroatoms. The Morgan fingerprint density at radius 3 is 2.63 bits per heavy atom. The SMILES string of the molecule is CCCCCCOc1ccc(C(=O)NN=Cc2ccc(O)c(OC)c2)cc1. The first-order valence-corrected chi connectivity index (χ1v) is 9.07. The number of unbranched alkanes of at least 4 members (excludes halogenated alkanes) is 3. The van der Waals surface area contributed by atoms with Crippen LogP contribution < -0.4 is 14.9 Å². The highest BCUT2D eigenvalue weighted by atomic mass is 16.5. The van der Waals surface area contributed by atoms with Crippen LogP contribution in [0.2, 0.25) is 0 Å². The van der Waals surface area contributed by atoms with Gasteiger partial charge in [0.1, 0.15) is 5.75 Å². The highest BCUT2D eigenvalue weighted by Crippen LogP contribution is 2.25. The topological polar surface area (TPSA) is 80.2 Å². The Morgan fingerprint density at radius 2 is 1.93 bits per heavy atom. The summed E-state index contributed by atoms with van der Waals surface area (Å²) in [5, 5.41) is 13.5. The Morgan fingerprint density at radius 1 is 1.15 bits per heavy atom. The first kappa shape index (κ1) is 20.3. The van der Waals surface area contributed by atoms with Gasteiger partial charge in [-0.2, -0.15) is 5.10 Å². The normalized spacial score (nSPS) is 10.7. The molecule has 144 valence electrons. The van der Waals surface area contributed by atoms with E-state index in [0.29, 0.717) is 23.5 Å². The maximum Gasteiger partial charge on any atom is 0.271 e. The van der Waals surface area contributed by atoms with Crippen molar-refractivity contribution in [3.63, 3.8) is 0 Å². The van der Waals surface area contributed by atoms with Gasteiger partial charge >= 0.3 is 0 Å². The summed E-state index contributed by atoms with van der Waals surface area (Å²) in [5.41, 5.74) is 3.66. The predicted molar refractivity (Wildman–Crippen MR) is 106 cm³/mol. The number of nitrogens with zero attached hydrogens (tertiary/aromatic N) is 1. The fraction of sp³-hybridized carbons (Fsp3) is 0.333. The van der Waals surface area contributed by atoms with Crippen LogP contribution in [0.25, 0.3) is 0 Å². The van der Waals surface area contributed by atoms with Gasteiger partial charge in [-0.25, -0.2) is 5.43 Å². The lowest BCUT2D eigenvalue weighted by molar-refractivity contribution is 0.0955. The monoisotopic (exact) mass is 370 g/mol. The number of hydrogen-bond acceptors (Lipinski definition) is 5. The Bertz CT molecular complexity index is 757. The van der Waals surface area contributed by atoms with Crippen molar-refractivity contribution in [1.29, 1.82) is 0 Å². The van der Waals surface area contributed by atoms with E-state index in [0.717, 1.165) is 12.2 Å². The van der Waals surface area contributed by atoms with Crippen LogP contribution >= 0.6 is 0 Å². The second-order valence-corrected chi connectivity index (χ2v) is 6.06. The number of carbonyl (C=O) groups is 1. The van der Waals surface area contributed by atoms with Gasteiger partial charge in [-0.1, -0.05) is 26.2 Å². The number of methoxy groups -OCH3 is 1. The molecule has 0 aliphatic heterocycles. The minimum absolute atomic E-state index is 0.0476.